The topological polar surface area (TPSA) is 66.7 Å². The van der Waals surface area contributed by atoms with Gasteiger partial charge in [0.25, 0.3) is 0 Å². The number of aryl methyl sites for hydroxylation is 1. The molecule has 2 amide bonds. The number of hydrogen-bond donors (Lipinski definition) is 0. The summed E-state index contributed by atoms with van der Waals surface area (Å²) >= 11 is 0. The average molecular weight is 305 g/mol. The van der Waals surface area contributed by atoms with Crippen molar-refractivity contribution in [3.05, 3.63) is 17.5 Å². The van der Waals surface area contributed by atoms with Crippen molar-refractivity contribution >= 4 is 11.8 Å². The standard InChI is InChI=1S/C16H23N3O3/c1-11-9-14(17-22-11)15-6-4-8-19(15)16(21)13-5-3-7-18(10-13)12(2)20/h9,13,15H,3-8,10H2,1-2H3/t13-,15-/m1/s1. The molecule has 0 aliphatic carbocycles. The van der Waals surface area contributed by atoms with Crippen LogP contribution in [0.4, 0.5) is 0 Å². The molecule has 0 unspecified atom stereocenters. The molecule has 0 N–H and O–H groups in total. The fourth-order valence-electron chi connectivity index (χ4n) is 3.58. The van der Waals surface area contributed by atoms with Crippen LogP contribution < -0.4 is 0 Å². The van der Waals surface area contributed by atoms with Crippen LogP contribution in [-0.2, 0) is 9.59 Å². The third-order valence-corrected chi connectivity index (χ3v) is 4.74. The maximum atomic E-state index is 12.9. The Morgan fingerprint density at radius 2 is 2.05 bits per heavy atom. The quantitative estimate of drug-likeness (QED) is 0.837. The molecule has 2 saturated heterocycles. The normalized spacial score (nSPS) is 25.5. The molecule has 1 aromatic rings. The molecule has 0 bridgehead atoms. The lowest BCUT2D eigenvalue weighted by molar-refractivity contribution is -0.141. The summed E-state index contributed by atoms with van der Waals surface area (Å²) in [6.45, 7) is 5.53. The summed E-state index contributed by atoms with van der Waals surface area (Å²) in [6, 6.07) is 1.94. The molecule has 2 fully saturated rings. The first kappa shape index (κ1) is 15.1. The third kappa shape index (κ3) is 2.87. The van der Waals surface area contributed by atoms with Gasteiger partial charge >= 0.3 is 0 Å². The fraction of sp³-hybridized carbons (Fsp3) is 0.688. The van der Waals surface area contributed by atoms with Crippen LogP contribution in [0.5, 0.6) is 0 Å². The average Bonchev–Trinajstić information content (AvgIpc) is 3.15. The Bertz CT molecular complexity index is 569. The number of amides is 2. The molecule has 2 atom stereocenters. The molecule has 0 aromatic carbocycles. The van der Waals surface area contributed by atoms with E-state index in [2.05, 4.69) is 5.16 Å². The lowest BCUT2D eigenvalue weighted by Gasteiger charge is -2.34. The van der Waals surface area contributed by atoms with Gasteiger partial charge in [0.2, 0.25) is 11.8 Å². The minimum absolute atomic E-state index is 0.0256. The van der Waals surface area contributed by atoms with E-state index in [0.717, 1.165) is 50.2 Å². The summed E-state index contributed by atoms with van der Waals surface area (Å²) < 4.78 is 5.16. The largest absolute Gasteiger partial charge is 0.361 e. The van der Waals surface area contributed by atoms with Gasteiger partial charge in [-0.25, -0.2) is 0 Å². The summed E-state index contributed by atoms with van der Waals surface area (Å²) in [5, 5.41) is 4.09. The van der Waals surface area contributed by atoms with Gasteiger partial charge in [-0.3, -0.25) is 9.59 Å². The number of aromatic nitrogens is 1. The fourth-order valence-corrected chi connectivity index (χ4v) is 3.58. The van der Waals surface area contributed by atoms with E-state index in [-0.39, 0.29) is 23.8 Å². The summed E-state index contributed by atoms with van der Waals surface area (Å²) in [5.74, 6) is 0.915. The first-order valence-corrected chi connectivity index (χ1v) is 8.05. The highest BCUT2D eigenvalue weighted by atomic mass is 16.5. The highest BCUT2D eigenvalue weighted by molar-refractivity contribution is 5.81. The second-order valence-electron chi connectivity index (χ2n) is 6.36. The highest BCUT2D eigenvalue weighted by Crippen LogP contribution is 2.34. The van der Waals surface area contributed by atoms with Gasteiger partial charge < -0.3 is 14.3 Å². The van der Waals surface area contributed by atoms with Gasteiger partial charge in [0.15, 0.2) is 0 Å². The second-order valence-corrected chi connectivity index (χ2v) is 6.36. The number of carbonyl (C=O) groups excluding carboxylic acids is 2. The lowest BCUT2D eigenvalue weighted by atomic mass is 9.96. The molecule has 2 aliphatic heterocycles. The zero-order valence-electron chi connectivity index (χ0n) is 13.2. The number of rotatable bonds is 2. The van der Waals surface area contributed by atoms with Crippen LogP contribution in [0, 0.1) is 12.8 Å². The van der Waals surface area contributed by atoms with Crippen molar-refractivity contribution in [2.24, 2.45) is 5.92 Å². The minimum Gasteiger partial charge on any atom is -0.361 e. The molecule has 6 nitrogen and oxygen atoms in total. The van der Waals surface area contributed by atoms with Crippen molar-refractivity contribution < 1.29 is 14.1 Å². The van der Waals surface area contributed by atoms with Crippen LogP contribution in [-0.4, -0.2) is 46.4 Å². The van der Waals surface area contributed by atoms with Crippen LogP contribution in [0.25, 0.3) is 0 Å². The van der Waals surface area contributed by atoms with E-state index in [1.165, 1.54) is 0 Å². The zero-order valence-corrected chi connectivity index (χ0v) is 13.2. The first-order valence-electron chi connectivity index (χ1n) is 8.05. The molecule has 120 valence electrons. The molecule has 6 heteroatoms. The molecular weight excluding hydrogens is 282 g/mol. The van der Waals surface area contributed by atoms with E-state index in [9.17, 15) is 9.59 Å². The minimum atomic E-state index is -0.0775. The van der Waals surface area contributed by atoms with Crippen LogP contribution >= 0.6 is 0 Å². The van der Waals surface area contributed by atoms with Gasteiger partial charge in [0, 0.05) is 32.6 Å². The lowest BCUT2D eigenvalue weighted by Crippen LogP contribution is -2.46. The Kier molecular flexibility index (Phi) is 4.18. The summed E-state index contributed by atoms with van der Waals surface area (Å²) in [7, 11) is 0. The molecular formula is C16H23N3O3. The number of piperidine rings is 1. The van der Waals surface area contributed by atoms with Gasteiger partial charge in [0.05, 0.1) is 12.0 Å². The monoisotopic (exact) mass is 305 g/mol. The van der Waals surface area contributed by atoms with E-state index in [0.29, 0.717) is 6.54 Å². The summed E-state index contributed by atoms with van der Waals surface area (Å²) in [6.07, 6.45) is 3.69. The van der Waals surface area contributed by atoms with E-state index in [1.807, 2.05) is 17.9 Å². The molecule has 0 radical (unpaired) electrons. The molecule has 0 spiro atoms. The third-order valence-electron chi connectivity index (χ3n) is 4.74. The Hall–Kier alpha value is -1.85. The van der Waals surface area contributed by atoms with Crippen molar-refractivity contribution in [2.75, 3.05) is 19.6 Å². The highest BCUT2D eigenvalue weighted by Gasteiger charge is 2.37. The van der Waals surface area contributed by atoms with Crippen LogP contribution in [0.1, 0.15) is 50.1 Å². The van der Waals surface area contributed by atoms with E-state index in [1.54, 1.807) is 11.8 Å². The van der Waals surface area contributed by atoms with Crippen molar-refractivity contribution in [1.29, 1.82) is 0 Å². The van der Waals surface area contributed by atoms with Gasteiger partial charge in [-0.1, -0.05) is 5.16 Å². The number of carbonyl (C=O) groups is 2. The van der Waals surface area contributed by atoms with Crippen LogP contribution in [0.3, 0.4) is 0 Å². The maximum absolute atomic E-state index is 12.9. The number of likely N-dealkylation sites (tertiary alicyclic amines) is 2. The van der Waals surface area contributed by atoms with Crippen LogP contribution in [0.2, 0.25) is 0 Å². The second kappa shape index (κ2) is 6.10. The molecule has 1 aromatic heterocycles. The molecule has 2 aliphatic rings. The van der Waals surface area contributed by atoms with Gasteiger partial charge in [-0.15, -0.1) is 0 Å². The van der Waals surface area contributed by atoms with Gasteiger partial charge in [0.1, 0.15) is 11.5 Å². The molecule has 3 rings (SSSR count). The Balaban J connectivity index is 1.72. The number of hydrogen-bond acceptors (Lipinski definition) is 4. The molecule has 22 heavy (non-hydrogen) atoms. The summed E-state index contributed by atoms with van der Waals surface area (Å²) in [4.78, 5) is 28.2. The van der Waals surface area contributed by atoms with E-state index >= 15 is 0 Å². The van der Waals surface area contributed by atoms with Crippen molar-refractivity contribution in [3.63, 3.8) is 0 Å². The van der Waals surface area contributed by atoms with Gasteiger partial charge in [-0.2, -0.15) is 0 Å². The van der Waals surface area contributed by atoms with E-state index in [4.69, 9.17) is 4.52 Å². The number of nitrogens with zero attached hydrogens (tertiary/aromatic N) is 3. The molecule has 3 heterocycles. The van der Waals surface area contributed by atoms with Crippen LogP contribution in [0.15, 0.2) is 10.6 Å². The maximum Gasteiger partial charge on any atom is 0.228 e. The van der Waals surface area contributed by atoms with Gasteiger partial charge in [-0.05, 0) is 32.6 Å². The van der Waals surface area contributed by atoms with Crippen molar-refractivity contribution in [2.45, 2.75) is 45.6 Å². The van der Waals surface area contributed by atoms with Crippen molar-refractivity contribution in [3.8, 4) is 0 Å². The first-order chi connectivity index (χ1) is 10.6. The summed E-state index contributed by atoms with van der Waals surface area (Å²) in [5.41, 5.74) is 0.850. The van der Waals surface area contributed by atoms with Crippen molar-refractivity contribution in [1.82, 2.24) is 15.0 Å². The smallest absolute Gasteiger partial charge is 0.228 e. The van der Waals surface area contributed by atoms with E-state index < -0.39 is 0 Å². The molecule has 0 saturated carbocycles. The Labute approximate surface area is 130 Å². The Morgan fingerprint density at radius 1 is 1.27 bits per heavy atom. The Morgan fingerprint density at radius 3 is 2.73 bits per heavy atom. The zero-order chi connectivity index (χ0) is 15.7. The SMILES string of the molecule is CC(=O)N1CCC[C@@H](C(=O)N2CCC[C@@H]2c2cc(C)on2)C1. The predicted molar refractivity (Wildman–Crippen MR) is 79.9 cm³/mol. The predicted octanol–water partition coefficient (Wildman–Crippen LogP) is 1.91.